The maximum absolute atomic E-state index is 2.12. The molecule has 0 nitrogen and oxygen atoms in total. The van der Waals surface area contributed by atoms with Crippen LogP contribution in [-0.4, -0.2) is 0 Å². The summed E-state index contributed by atoms with van der Waals surface area (Å²) in [6, 6.07) is 0. The summed E-state index contributed by atoms with van der Waals surface area (Å²) in [7, 11) is 0. The van der Waals surface area contributed by atoms with E-state index in [9.17, 15) is 0 Å². The van der Waals surface area contributed by atoms with Crippen LogP contribution in [-0.2, 0) is 0 Å². The summed E-state index contributed by atoms with van der Waals surface area (Å²) >= 11 is 0. The number of hydrogen-bond acceptors (Lipinski definition) is 0. The Morgan fingerprint density at radius 2 is 0.352 bits per heavy atom. The molecule has 0 aromatic rings. The summed E-state index contributed by atoms with van der Waals surface area (Å²) < 4.78 is 0. The van der Waals surface area contributed by atoms with Gasteiger partial charge in [-0.3, -0.25) is 0 Å². The van der Waals surface area contributed by atoms with Crippen molar-refractivity contribution in [2.75, 3.05) is 0 Å². The highest BCUT2D eigenvalue weighted by atomic mass is 15.0. The Balaban J connectivity index is 0.0000000956. The second-order valence-electron chi connectivity index (χ2n) is 37.5. The van der Waals surface area contributed by atoms with E-state index in [0.717, 1.165) is 46.8 Å². The van der Waals surface area contributed by atoms with Gasteiger partial charge in [-0.2, -0.15) is 0 Å². The number of hydrogen-bond donors (Lipinski definition) is 0. The summed E-state index contributed by atoms with van der Waals surface area (Å²) in [4.78, 5) is 0. The molecule has 25 aliphatic carbocycles. The zero-order valence-electron chi connectivity index (χ0n) is 59.7. The van der Waals surface area contributed by atoms with Crippen LogP contribution in [0.5, 0.6) is 0 Å². The predicted octanol–water partition coefficient (Wildman–Crippen LogP) is 28.3. The minimum Gasteiger partial charge on any atom is -0.0656 e. The van der Waals surface area contributed by atoms with E-state index in [0.29, 0.717) is 0 Å². The van der Waals surface area contributed by atoms with Gasteiger partial charge >= 0.3 is 0 Å². The molecule has 25 aliphatic rings. The van der Waals surface area contributed by atoms with Crippen molar-refractivity contribution < 1.29 is 0 Å². The lowest BCUT2D eigenvalue weighted by molar-refractivity contribution is -0.565. The Hall–Kier alpha value is 0. The molecule has 0 radical (unpaired) electrons. The van der Waals surface area contributed by atoms with Crippen LogP contribution in [0.2, 0.25) is 0 Å². The summed E-state index contributed by atoms with van der Waals surface area (Å²) in [6.45, 7) is 4.25. The smallest absolute Gasteiger partial charge is 0.0297 e. The third-order valence-electron chi connectivity index (χ3n) is 31.8. The maximum atomic E-state index is 2.12. The van der Waals surface area contributed by atoms with Crippen molar-refractivity contribution in [2.45, 2.75) is 418 Å². The molecule has 0 aliphatic heterocycles. The van der Waals surface area contributed by atoms with E-state index in [1.165, 1.54) is 275 Å². The molecule has 1 spiro atoms. The molecule has 8 bridgehead atoms. The zero-order valence-corrected chi connectivity index (χ0v) is 59.7. The van der Waals surface area contributed by atoms with Gasteiger partial charge in [0, 0.05) is 0 Å². The van der Waals surface area contributed by atoms with E-state index in [1.54, 1.807) is 218 Å². The van der Waals surface area contributed by atoms with E-state index in [4.69, 9.17) is 0 Å². The average molecular weight is 1210 g/mol. The fourth-order valence-electron chi connectivity index (χ4n) is 27.5. The molecule has 0 unspecified atom stereocenters. The second-order valence-corrected chi connectivity index (χ2v) is 37.5. The van der Waals surface area contributed by atoms with Crippen molar-refractivity contribution >= 4 is 0 Å². The largest absolute Gasteiger partial charge is 0.0656 e. The first-order valence-electron chi connectivity index (χ1n) is 43.5. The van der Waals surface area contributed by atoms with Crippen molar-refractivity contribution in [1.29, 1.82) is 0 Å². The quantitative estimate of drug-likeness (QED) is 0.227. The van der Waals surface area contributed by atoms with Gasteiger partial charge in [-0.15, -0.1) is 0 Å². The van der Waals surface area contributed by atoms with E-state index in [1.807, 2.05) is 0 Å². The van der Waals surface area contributed by atoms with E-state index in [-0.39, 0.29) is 0 Å². The van der Waals surface area contributed by atoms with Gasteiger partial charge in [0.1, 0.15) is 0 Å². The van der Waals surface area contributed by atoms with Crippen LogP contribution < -0.4 is 0 Å². The van der Waals surface area contributed by atoms with Crippen molar-refractivity contribution in [2.24, 2.45) is 136 Å². The highest BCUT2D eigenvalue weighted by Gasteiger charge is 2.97. The first-order chi connectivity index (χ1) is 43.5. The lowest BCUT2D eigenvalue weighted by Crippen LogP contribution is -3.00. The fourth-order valence-corrected chi connectivity index (χ4v) is 27.5. The van der Waals surface area contributed by atoms with E-state index < -0.39 is 0 Å². The third-order valence-corrected chi connectivity index (χ3v) is 31.8. The highest BCUT2D eigenvalue weighted by Crippen LogP contribution is 3.01. The molecule has 0 saturated heterocycles. The van der Waals surface area contributed by atoms with Gasteiger partial charge in [-0.05, 0) is 206 Å². The van der Waals surface area contributed by atoms with Crippen LogP contribution in [0.4, 0.5) is 0 Å². The van der Waals surface area contributed by atoms with Crippen LogP contribution in [0, 0.1) is 136 Å². The second kappa shape index (κ2) is 35.3. The van der Waals surface area contributed by atoms with E-state index >= 15 is 0 Å². The maximum Gasteiger partial charge on any atom is -0.0297 e. The Bertz CT molecular complexity index is 1510. The molecule has 25 fully saturated rings. The molecule has 0 N–H and O–H groups in total. The van der Waals surface area contributed by atoms with Gasteiger partial charge < -0.3 is 0 Å². The Morgan fingerprint density at radius 3 is 0.545 bits per heavy atom. The van der Waals surface area contributed by atoms with Crippen LogP contribution in [0.25, 0.3) is 0 Å². The summed E-state index contributed by atoms with van der Waals surface area (Å²) in [5.74, 6) is 27.0. The topological polar surface area (TPSA) is 0 Å². The molecule has 25 rings (SSSR count). The van der Waals surface area contributed by atoms with Crippen LogP contribution in [0.3, 0.4) is 0 Å². The molecule has 0 aromatic heterocycles. The van der Waals surface area contributed by atoms with Gasteiger partial charge in [0.05, 0.1) is 0 Å². The molecule has 0 amide bonds. The number of fused-ring (bicyclic) bond motifs is 6. The Labute approximate surface area is 550 Å². The summed E-state index contributed by atoms with van der Waals surface area (Å²) in [6.07, 6.45) is 97.0. The van der Waals surface area contributed by atoms with Crippen molar-refractivity contribution in [3.8, 4) is 0 Å². The molecular formula is C88H154. The molecule has 0 heteroatoms. The first kappa shape index (κ1) is 68.0. The molecule has 88 heavy (non-hydrogen) atoms. The Morgan fingerprint density at radius 1 is 0.170 bits per heavy atom. The van der Waals surface area contributed by atoms with Crippen molar-refractivity contribution in [3.63, 3.8) is 0 Å². The SMILES string of the molecule is C12C3C4C1C1C2C3C41.C1C2CC3CC1CC(C2)C3.C1CC2CCC1C2.C1CC2CCC1CC2.C1CC2CCCC3CCCC(C1)C23.C1CCC2(CC1)CCCCC2.C1CCC2CCCCC2C1.C1CCCCC1.C1CCCCC1.C1CCCCC1.CCC. The van der Waals surface area contributed by atoms with Crippen molar-refractivity contribution in [1.82, 2.24) is 0 Å². The summed E-state index contributed by atoms with van der Waals surface area (Å²) in [5, 5.41) is 0. The average Bonchev–Trinajstić information content (AvgIpc) is 0.588. The molecule has 0 atom stereocenters. The van der Waals surface area contributed by atoms with Gasteiger partial charge in [-0.25, -0.2) is 0 Å². The standard InChI is InChI=1S/C13H22.C11H20.C10H16.C10H18.C8H8.C8H14.C7H12.3C6H12.C3H8/c1-4-10-6-2-8-12-9-3-7-11(5-1)13(10)12;1-3-7-11(8-4-1)9-5-2-6-10-11;1-7-2-9-4-8(1)5-10(3-7)6-9;1-2-6-10-8-4-3-7-9(10)5-1;1-2-5-3(1)7-4(1)6(2)8(5)7;1-2-8-5-3-7(1)4-6-8;1-2-7-4-3-6(1)5-7;3*1-2-4-6-5-3-1;1-3-2/h10-13H,1-9H2;1-10H2;7-10H,1-6H2;9-10H,1-8H2;1-8H;7-8H,1-6H2;6-7H,1-5H2;3*1-6H2;3H2,1-2H3. The number of rotatable bonds is 0. The predicted molar refractivity (Wildman–Crippen MR) is 381 cm³/mol. The first-order valence-corrected chi connectivity index (χ1v) is 43.5. The van der Waals surface area contributed by atoms with Crippen LogP contribution >= 0.6 is 0 Å². The van der Waals surface area contributed by atoms with Gasteiger partial charge in [-0.1, -0.05) is 348 Å². The molecular weight excluding hydrogens is 1060 g/mol. The minimum atomic E-state index is 0.858. The third kappa shape index (κ3) is 17.8. The van der Waals surface area contributed by atoms with Crippen molar-refractivity contribution in [3.05, 3.63) is 0 Å². The molecule has 25 saturated carbocycles. The van der Waals surface area contributed by atoms with E-state index in [2.05, 4.69) is 13.8 Å². The minimum absolute atomic E-state index is 0.858. The summed E-state index contributed by atoms with van der Waals surface area (Å²) in [5.41, 5.74) is 0.858. The normalized spacial score (nSPS) is 45.2. The zero-order chi connectivity index (χ0) is 59.7. The fraction of sp³-hybridized carbons (Fsp3) is 1.00. The molecule has 0 heterocycles. The molecule has 0 aromatic carbocycles. The van der Waals surface area contributed by atoms with Crippen LogP contribution in [0.1, 0.15) is 418 Å². The Kier molecular flexibility index (Phi) is 27.3. The lowest BCUT2D eigenvalue weighted by Gasteiger charge is -3.03. The molecule has 506 valence electrons. The highest BCUT2D eigenvalue weighted by molar-refractivity contribution is 5.44. The monoisotopic (exact) mass is 1210 g/mol. The van der Waals surface area contributed by atoms with Crippen LogP contribution in [0.15, 0.2) is 0 Å². The lowest BCUT2D eigenvalue weighted by atomic mass is 9.01. The van der Waals surface area contributed by atoms with Gasteiger partial charge in [0.15, 0.2) is 0 Å². The van der Waals surface area contributed by atoms with Gasteiger partial charge in [0.2, 0.25) is 0 Å². The van der Waals surface area contributed by atoms with Gasteiger partial charge in [0.25, 0.3) is 0 Å².